The van der Waals surface area contributed by atoms with Crippen molar-refractivity contribution in [3.63, 3.8) is 0 Å². The molecule has 0 radical (unpaired) electrons. The molecule has 1 saturated heterocycles. The van der Waals surface area contributed by atoms with Crippen LogP contribution in [0.15, 0.2) is 6.20 Å². The number of hydrogen-bond donors (Lipinski definition) is 2. The third-order valence-electron chi connectivity index (χ3n) is 3.29. The second-order valence-corrected chi connectivity index (χ2v) is 5.61. The van der Waals surface area contributed by atoms with E-state index in [-0.39, 0.29) is 0 Å². The van der Waals surface area contributed by atoms with Crippen LogP contribution in [0.1, 0.15) is 38.8 Å². The van der Waals surface area contributed by atoms with Crippen LogP contribution in [0.2, 0.25) is 0 Å². The highest BCUT2D eigenvalue weighted by Gasteiger charge is 2.19. The molecular weight excluding hydrogens is 214 g/mol. The molecule has 0 bridgehead atoms. The number of nitrogens with one attached hydrogen (secondary N) is 1. The highest BCUT2D eigenvalue weighted by atomic mass is 15.4. The maximum atomic E-state index is 6.00. The van der Waals surface area contributed by atoms with Gasteiger partial charge in [-0.1, -0.05) is 11.6 Å². The van der Waals surface area contributed by atoms with Crippen molar-refractivity contribution in [1.82, 2.24) is 20.3 Å². The van der Waals surface area contributed by atoms with Crippen molar-refractivity contribution in [2.45, 2.75) is 45.2 Å². The smallest absolute Gasteiger partial charge is 0.102 e. The zero-order valence-electron chi connectivity index (χ0n) is 10.8. The van der Waals surface area contributed by atoms with E-state index in [1.165, 1.54) is 19.3 Å². The quantitative estimate of drug-likeness (QED) is 0.818. The summed E-state index contributed by atoms with van der Waals surface area (Å²) in [6.45, 7) is 7.08. The third-order valence-corrected chi connectivity index (χ3v) is 3.29. The van der Waals surface area contributed by atoms with Crippen molar-refractivity contribution in [2.24, 2.45) is 11.7 Å². The van der Waals surface area contributed by atoms with E-state index in [1.54, 1.807) is 0 Å². The predicted molar refractivity (Wildman–Crippen MR) is 67.4 cm³/mol. The van der Waals surface area contributed by atoms with E-state index in [1.807, 2.05) is 24.7 Å². The number of hydrogen-bond acceptors (Lipinski definition) is 4. The Hall–Kier alpha value is -0.940. The van der Waals surface area contributed by atoms with Crippen LogP contribution in [0.4, 0.5) is 0 Å². The highest BCUT2D eigenvalue weighted by Crippen LogP contribution is 2.16. The monoisotopic (exact) mass is 237 g/mol. The average molecular weight is 237 g/mol. The van der Waals surface area contributed by atoms with Gasteiger partial charge in [-0.3, -0.25) is 4.68 Å². The van der Waals surface area contributed by atoms with Gasteiger partial charge in [-0.05, 0) is 45.7 Å². The number of aromatic nitrogens is 3. The molecule has 96 valence electrons. The lowest BCUT2D eigenvalue weighted by molar-refractivity contribution is 0.386. The first-order valence-electron chi connectivity index (χ1n) is 6.46. The average Bonchev–Trinajstić information content (AvgIpc) is 2.56. The van der Waals surface area contributed by atoms with E-state index >= 15 is 0 Å². The van der Waals surface area contributed by atoms with Crippen LogP contribution in [-0.2, 0) is 12.1 Å². The molecule has 1 aliphatic heterocycles. The Kier molecular flexibility index (Phi) is 3.79. The summed E-state index contributed by atoms with van der Waals surface area (Å²) in [5.41, 5.74) is 6.46. The van der Waals surface area contributed by atoms with Gasteiger partial charge in [-0.15, -0.1) is 5.10 Å². The van der Waals surface area contributed by atoms with Crippen LogP contribution in [0, 0.1) is 5.92 Å². The maximum absolute atomic E-state index is 6.00. The molecule has 0 saturated carbocycles. The van der Waals surface area contributed by atoms with Crippen LogP contribution < -0.4 is 11.1 Å². The highest BCUT2D eigenvalue weighted by molar-refractivity contribution is 5.05. The molecule has 2 heterocycles. The Morgan fingerprint density at radius 3 is 3.06 bits per heavy atom. The summed E-state index contributed by atoms with van der Waals surface area (Å²) >= 11 is 0. The molecule has 17 heavy (non-hydrogen) atoms. The normalized spacial score (nSPS) is 22.4. The second-order valence-electron chi connectivity index (χ2n) is 5.61. The summed E-state index contributed by atoms with van der Waals surface area (Å²) in [7, 11) is 0. The molecule has 0 amide bonds. The van der Waals surface area contributed by atoms with Gasteiger partial charge < -0.3 is 11.1 Å². The Labute approximate surface area is 103 Å². The van der Waals surface area contributed by atoms with E-state index in [0.717, 1.165) is 25.3 Å². The predicted octanol–water partition coefficient (Wildman–Crippen LogP) is 0.862. The van der Waals surface area contributed by atoms with Gasteiger partial charge in [0, 0.05) is 6.54 Å². The second kappa shape index (κ2) is 5.14. The zero-order chi connectivity index (χ0) is 12.3. The third kappa shape index (κ3) is 3.51. The van der Waals surface area contributed by atoms with Crippen molar-refractivity contribution < 1.29 is 0 Å². The largest absolute Gasteiger partial charge is 0.320 e. The van der Waals surface area contributed by atoms with Crippen molar-refractivity contribution in [3.05, 3.63) is 11.9 Å². The Morgan fingerprint density at radius 1 is 1.53 bits per heavy atom. The molecule has 1 fully saturated rings. The van der Waals surface area contributed by atoms with Gasteiger partial charge in [0.05, 0.1) is 11.7 Å². The molecule has 5 heteroatoms. The Balaban J connectivity index is 1.96. The molecule has 0 aromatic carbocycles. The van der Waals surface area contributed by atoms with E-state index < -0.39 is 5.54 Å². The molecule has 1 aromatic heterocycles. The number of rotatable bonds is 3. The van der Waals surface area contributed by atoms with E-state index in [2.05, 4.69) is 15.6 Å². The van der Waals surface area contributed by atoms with Crippen molar-refractivity contribution in [3.8, 4) is 0 Å². The molecule has 1 unspecified atom stereocenters. The van der Waals surface area contributed by atoms with Gasteiger partial charge in [0.15, 0.2) is 0 Å². The van der Waals surface area contributed by atoms with Crippen LogP contribution in [-0.4, -0.2) is 28.1 Å². The molecule has 2 rings (SSSR count). The molecule has 1 atom stereocenters. The molecular formula is C12H23N5. The topological polar surface area (TPSA) is 68.8 Å². The van der Waals surface area contributed by atoms with Crippen LogP contribution in [0.5, 0.6) is 0 Å². The number of nitrogens with zero attached hydrogens (tertiary/aromatic N) is 3. The van der Waals surface area contributed by atoms with Gasteiger partial charge >= 0.3 is 0 Å². The van der Waals surface area contributed by atoms with Crippen molar-refractivity contribution in [1.29, 1.82) is 0 Å². The first-order chi connectivity index (χ1) is 8.05. The van der Waals surface area contributed by atoms with E-state index in [4.69, 9.17) is 5.73 Å². The minimum atomic E-state index is -0.403. The van der Waals surface area contributed by atoms with Crippen LogP contribution in [0.3, 0.4) is 0 Å². The lowest BCUT2D eigenvalue weighted by Gasteiger charge is -2.15. The first-order valence-corrected chi connectivity index (χ1v) is 6.46. The summed E-state index contributed by atoms with van der Waals surface area (Å²) < 4.78 is 1.93. The summed E-state index contributed by atoms with van der Waals surface area (Å²) in [4.78, 5) is 0. The van der Waals surface area contributed by atoms with Crippen LogP contribution >= 0.6 is 0 Å². The fourth-order valence-electron chi connectivity index (χ4n) is 2.19. The zero-order valence-corrected chi connectivity index (χ0v) is 10.8. The molecule has 1 aliphatic rings. The minimum Gasteiger partial charge on any atom is -0.320 e. The summed E-state index contributed by atoms with van der Waals surface area (Å²) in [6.07, 6.45) is 5.84. The molecule has 3 N–H and O–H groups in total. The van der Waals surface area contributed by atoms with Gasteiger partial charge in [0.2, 0.25) is 0 Å². The summed E-state index contributed by atoms with van der Waals surface area (Å²) in [5.74, 6) is 0.660. The molecule has 5 nitrogen and oxygen atoms in total. The lowest BCUT2D eigenvalue weighted by Crippen LogP contribution is -2.29. The van der Waals surface area contributed by atoms with Crippen molar-refractivity contribution in [2.75, 3.05) is 13.1 Å². The molecule has 0 spiro atoms. The summed E-state index contributed by atoms with van der Waals surface area (Å²) in [5, 5.41) is 11.8. The van der Waals surface area contributed by atoms with Gasteiger partial charge in [-0.25, -0.2) is 0 Å². The van der Waals surface area contributed by atoms with Gasteiger partial charge in [-0.2, -0.15) is 0 Å². The fourth-order valence-corrected chi connectivity index (χ4v) is 2.19. The Morgan fingerprint density at radius 2 is 2.35 bits per heavy atom. The first kappa shape index (κ1) is 12.5. The SMILES string of the molecule is CC(C)(N)c1cn(CC2CCCCNC2)nn1. The summed E-state index contributed by atoms with van der Waals surface area (Å²) in [6, 6.07) is 0. The lowest BCUT2D eigenvalue weighted by atomic mass is 10.0. The maximum Gasteiger partial charge on any atom is 0.102 e. The van der Waals surface area contributed by atoms with E-state index in [9.17, 15) is 0 Å². The Bertz CT molecular complexity index is 344. The van der Waals surface area contributed by atoms with Gasteiger partial charge in [0.25, 0.3) is 0 Å². The standard InChI is InChI=1S/C12H23N5/c1-12(2,13)11-9-17(16-15-11)8-10-5-3-4-6-14-7-10/h9-10,14H,3-8,13H2,1-2H3. The van der Waals surface area contributed by atoms with Crippen molar-refractivity contribution >= 4 is 0 Å². The fraction of sp³-hybridized carbons (Fsp3) is 0.833. The van der Waals surface area contributed by atoms with E-state index in [0.29, 0.717) is 5.92 Å². The van der Waals surface area contributed by atoms with Crippen LogP contribution in [0.25, 0.3) is 0 Å². The van der Waals surface area contributed by atoms with Gasteiger partial charge in [0.1, 0.15) is 5.69 Å². The molecule has 1 aromatic rings. The molecule has 0 aliphatic carbocycles. The minimum absolute atomic E-state index is 0.403. The number of nitrogens with two attached hydrogens (primary N) is 1.